The molecule has 0 aromatic heterocycles. The maximum absolute atomic E-state index is 12.8. The lowest BCUT2D eigenvalue weighted by Gasteiger charge is -2.11. The highest BCUT2D eigenvalue weighted by Crippen LogP contribution is 2.20. The first-order valence-electron chi connectivity index (χ1n) is 6.20. The summed E-state index contributed by atoms with van der Waals surface area (Å²) in [6.45, 7) is 0. The third-order valence-corrected chi connectivity index (χ3v) is 4.78. The van der Waals surface area contributed by atoms with Crippen molar-refractivity contribution in [2.75, 3.05) is 5.75 Å². The molecular formula is C15H15FO3S. The Labute approximate surface area is 117 Å². The topological polar surface area (TPSA) is 54.4 Å². The number of hydrogen-bond acceptors (Lipinski definition) is 3. The second kappa shape index (κ2) is 6.15. The average molecular weight is 294 g/mol. The molecule has 0 aliphatic rings. The van der Waals surface area contributed by atoms with Crippen LogP contribution in [0.1, 0.15) is 18.1 Å². The number of halogens is 1. The smallest absolute Gasteiger partial charge is 0.178 e. The molecule has 1 atom stereocenters. The molecule has 0 aliphatic heterocycles. The Balaban J connectivity index is 2.04. The third-order valence-electron chi connectivity index (χ3n) is 3.02. The SMILES string of the molecule is O=S(=O)(CCC(O)c1ccccc1)c1ccc(F)cc1. The molecule has 0 radical (unpaired) electrons. The van der Waals surface area contributed by atoms with Crippen molar-refractivity contribution in [1.82, 2.24) is 0 Å². The number of aliphatic hydroxyl groups excluding tert-OH is 1. The molecule has 1 N–H and O–H groups in total. The van der Waals surface area contributed by atoms with Crippen LogP contribution in [0.15, 0.2) is 59.5 Å². The van der Waals surface area contributed by atoms with Gasteiger partial charge in [-0.3, -0.25) is 0 Å². The van der Waals surface area contributed by atoms with Gasteiger partial charge in [0.05, 0.1) is 16.8 Å². The van der Waals surface area contributed by atoms with Crippen LogP contribution in [0.5, 0.6) is 0 Å². The van der Waals surface area contributed by atoms with Crippen LogP contribution >= 0.6 is 0 Å². The Morgan fingerprint density at radius 2 is 1.60 bits per heavy atom. The zero-order valence-corrected chi connectivity index (χ0v) is 11.6. The second-order valence-corrected chi connectivity index (χ2v) is 6.60. The fraction of sp³-hybridized carbons (Fsp3) is 0.200. The maximum atomic E-state index is 12.8. The molecule has 1 unspecified atom stereocenters. The lowest BCUT2D eigenvalue weighted by atomic mass is 10.1. The van der Waals surface area contributed by atoms with Crippen molar-refractivity contribution in [2.24, 2.45) is 0 Å². The maximum Gasteiger partial charge on any atom is 0.178 e. The van der Waals surface area contributed by atoms with Crippen LogP contribution in [0, 0.1) is 5.82 Å². The largest absolute Gasteiger partial charge is 0.388 e. The molecule has 0 amide bonds. The standard InChI is InChI=1S/C15H15FO3S/c16-13-6-8-14(9-7-13)20(18,19)11-10-15(17)12-4-2-1-3-5-12/h1-9,15,17H,10-11H2. The fourth-order valence-corrected chi connectivity index (χ4v) is 3.19. The van der Waals surface area contributed by atoms with Crippen LogP contribution in [-0.4, -0.2) is 19.3 Å². The molecule has 2 aromatic rings. The summed E-state index contributed by atoms with van der Waals surface area (Å²) in [5, 5.41) is 9.95. The molecule has 0 spiro atoms. The first kappa shape index (κ1) is 14.7. The van der Waals surface area contributed by atoms with Gasteiger partial charge in [0.2, 0.25) is 0 Å². The quantitative estimate of drug-likeness (QED) is 0.863. The van der Waals surface area contributed by atoms with Gasteiger partial charge in [0.1, 0.15) is 5.82 Å². The second-order valence-electron chi connectivity index (χ2n) is 4.49. The monoisotopic (exact) mass is 294 g/mol. The summed E-state index contributed by atoms with van der Waals surface area (Å²) in [7, 11) is -3.51. The molecule has 2 rings (SSSR count). The molecule has 0 bridgehead atoms. The molecule has 0 saturated carbocycles. The molecule has 2 aromatic carbocycles. The Bertz CT molecular complexity index is 651. The van der Waals surface area contributed by atoms with E-state index in [1.165, 1.54) is 12.1 Å². The highest BCUT2D eigenvalue weighted by Gasteiger charge is 2.17. The molecule has 0 heterocycles. The van der Waals surface area contributed by atoms with Crippen LogP contribution in [0.3, 0.4) is 0 Å². The van der Waals surface area contributed by atoms with Crippen molar-refractivity contribution in [3.63, 3.8) is 0 Å². The van der Waals surface area contributed by atoms with Gasteiger partial charge in [-0.25, -0.2) is 12.8 Å². The van der Waals surface area contributed by atoms with Crippen molar-refractivity contribution in [3.8, 4) is 0 Å². The summed E-state index contributed by atoms with van der Waals surface area (Å²) < 4.78 is 36.9. The Morgan fingerprint density at radius 3 is 2.20 bits per heavy atom. The lowest BCUT2D eigenvalue weighted by Crippen LogP contribution is -2.10. The molecule has 0 aliphatic carbocycles. The van der Waals surface area contributed by atoms with E-state index in [1.807, 2.05) is 6.07 Å². The zero-order chi connectivity index (χ0) is 14.6. The van der Waals surface area contributed by atoms with Crippen molar-refractivity contribution >= 4 is 9.84 Å². The third kappa shape index (κ3) is 3.65. The molecule has 3 nitrogen and oxygen atoms in total. The van der Waals surface area contributed by atoms with Crippen molar-refractivity contribution in [3.05, 3.63) is 66.0 Å². The van der Waals surface area contributed by atoms with Crippen LogP contribution in [0.4, 0.5) is 4.39 Å². The molecule has 5 heteroatoms. The van der Waals surface area contributed by atoms with Crippen molar-refractivity contribution in [1.29, 1.82) is 0 Å². The summed E-state index contributed by atoms with van der Waals surface area (Å²) >= 11 is 0. The van der Waals surface area contributed by atoms with Gasteiger partial charge in [-0.05, 0) is 36.2 Å². The van der Waals surface area contributed by atoms with Crippen molar-refractivity contribution < 1.29 is 17.9 Å². The van der Waals surface area contributed by atoms with Gasteiger partial charge < -0.3 is 5.11 Å². The summed E-state index contributed by atoms with van der Waals surface area (Å²) in [6, 6.07) is 13.6. The van der Waals surface area contributed by atoms with E-state index in [1.54, 1.807) is 24.3 Å². The minimum atomic E-state index is -3.51. The number of rotatable bonds is 5. The summed E-state index contributed by atoms with van der Waals surface area (Å²) in [5.74, 6) is -0.664. The number of hydrogen-bond donors (Lipinski definition) is 1. The fourth-order valence-electron chi connectivity index (χ4n) is 1.87. The van der Waals surface area contributed by atoms with Gasteiger partial charge in [-0.1, -0.05) is 30.3 Å². The first-order valence-corrected chi connectivity index (χ1v) is 7.85. The average Bonchev–Trinajstić information content (AvgIpc) is 2.46. The van der Waals surface area contributed by atoms with Crippen LogP contribution in [0.2, 0.25) is 0 Å². The number of sulfone groups is 1. The van der Waals surface area contributed by atoms with Crippen molar-refractivity contribution in [2.45, 2.75) is 17.4 Å². The summed E-state index contributed by atoms with van der Waals surface area (Å²) in [6.07, 6.45) is -0.726. The zero-order valence-electron chi connectivity index (χ0n) is 10.7. The van der Waals surface area contributed by atoms with E-state index in [0.717, 1.165) is 12.1 Å². The van der Waals surface area contributed by atoms with E-state index in [2.05, 4.69) is 0 Å². The molecule has 0 fully saturated rings. The minimum absolute atomic E-state index is 0.0687. The molecule has 20 heavy (non-hydrogen) atoms. The lowest BCUT2D eigenvalue weighted by molar-refractivity contribution is 0.174. The normalized spacial score (nSPS) is 13.1. The molecule has 0 saturated heterocycles. The highest BCUT2D eigenvalue weighted by molar-refractivity contribution is 7.91. The summed E-state index contributed by atoms with van der Waals surface area (Å²) in [5.41, 5.74) is 0.682. The number of aliphatic hydroxyl groups is 1. The Morgan fingerprint density at radius 1 is 1.00 bits per heavy atom. The van der Waals surface area contributed by atoms with Gasteiger partial charge in [-0.15, -0.1) is 0 Å². The Hall–Kier alpha value is -1.72. The van der Waals surface area contributed by atoms with E-state index >= 15 is 0 Å². The molecule has 106 valence electrons. The minimum Gasteiger partial charge on any atom is -0.388 e. The van der Waals surface area contributed by atoms with E-state index in [9.17, 15) is 17.9 Å². The van der Waals surface area contributed by atoms with Gasteiger partial charge in [0.15, 0.2) is 9.84 Å². The highest BCUT2D eigenvalue weighted by atomic mass is 32.2. The van der Waals surface area contributed by atoms with Gasteiger partial charge in [-0.2, -0.15) is 0 Å². The van der Waals surface area contributed by atoms with Crippen LogP contribution in [-0.2, 0) is 9.84 Å². The van der Waals surface area contributed by atoms with E-state index in [-0.39, 0.29) is 17.1 Å². The molecular weight excluding hydrogens is 279 g/mol. The summed E-state index contributed by atoms with van der Waals surface area (Å²) in [4.78, 5) is 0.0687. The predicted molar refractivity (Wildman–Crippen MR) is 74.5 cm³/mol. The van der Waals surface area contributed by atoms with E-state index < -0.39 is 21.8 Å². The first-order chi connectivity index (χ1) is 9.49. The van der Waals surface area contributed by atoms with E-state index in [0.29, 0.717) is 5.56 Å². The van der Waals surface area contributed by atoms with Gasteiger partial charge >= 0.3 is 0 Å². The number of benzene rings is 2. The van der Waals surface area contributed by atoms with Gasteiger partial charge in [0, 0.05) is 0 Å². The predicted octanol–water partition coefficient (Wildman–Crippen LogP) is 2.72. The van der Waals surface area contributed by atoms with Crippen LogP contribution in [0.25, 0.3) is 0 Å². The van der Waals surface area contributed by atoms with Gasteiger partial charge in [0.25, 0.3) is 0 Å². The Kier molecular flexibility index (Phi) is 4.52. The van der Waals surface area contributed by atoms with Crippen LogP contribution < -0.4 is 0 Å². The van der Waals surface area contributed by atoms with E-state index in [4.69, 9.17) is 0 Å².